The molecule has 144 valence electrons. The van der Waals surface area contributed by atoms with E-state index in [4.69, 9.17) is 9.47 Å². The molecule has 1 aromatic heterocycles. The van der Waals surface area contributed by atoms with Crippen molar-refractivity contribution in [1.29, 1.82) is 0 Å². The first-order valence-corrected chi connectivity index (χ1v) is 8.95. The van der Waals surface area contributed by atoms with E-state index in [9.17, 15) is 4.79 Å². The topological polar surface area (TPSA) is 66.9 Å². The smallest absolute Gasteiger partial charge is 0.255 e. The van der Waals surface area contributed by atoms with Crippen LogP contribution in [0.25, 0.3) is 0 Å². The van der Waals surface area contributed by atoms with Crippen molar-refractivity contribution in [2.45, 2.75) is 6.92 Å². The minimum absolute atomic E-state index is 0.235. The van der Waals surface area contributed by atoms with Gasteiger partial charge in [0.1, 0.15) is 17.3 Å². The number of methoxy groups -OCH3 is 2. The third kappa shape index (κ3) is 4.31. The SMILES string of the molecule is COc1cc(C(=O)Nc2ccc(N3CCN(C)CC3)nc2)cc(OC)c1C. The molecule has 7 nitrogen and oxygen atoms in total. The summed E-state index contributed by atoms with van der Waals surface area (Å²) in [5, 5.41) is 2.88. The summed E-state index contributed by atoms with van der Waals surface area (Å²) in [5.74, 6) is 1.92. The Kier molecular flexibility index (Phi) is 5.81. The van der Waals surface area contributed by atoms with Crippen LogP contribution in [0.3, 0.4) is 0 Å². The van der Waals surface area contributed by atoms with Gasteiger partial charge in [0, 0.05) is 37.3 Å². The van der Waals surface area contributed by atoms with Crippen LogP contribution < -0.4 is 19.7 Å². The summed E-state index contributed by atoms with van der Waals surface area (Å²) >= 11 is 0. The van der Waals surface area contributed by atoms with E-state index in [-0.39, 0.29) is 5.91 Å². The number of benzene rings is 1. The van der Waals surface area contributed by atoms with E-state index in [0.717, 1.165) is 37.6 Å². The molecule has 0 unspecified atom stereocenters. The predicted molar refractivity (Wildman–Crippen MR) is 106 cm³/mol. The number of aromatic nitrogens is 1. The summed E-state index contributed by atoms with van der Waals surface area (Å²) in [6.07, 6.45) is 1.69. The van der Waals surface area contributed by atoms with Gasteiger partial charge in [-0.1, -0.05) is 0 Å². The number of pyridine rings is 1. The van der Waals surface area contributed by atoms with Crippen molar-refractivity contribution in [3.05, 3.63) is 41.6 Å². The molecule has 0 bridgehead atoms. The monoisotopic (exact) mass is 370 g/mol. The average molecular weight is 370 g/mol. The predicted octanol–water partition coefficient (Wildman–Crippen LogP) is 2.41. The van der Waals surface area contributed by atoms with Gasteiger partial charge in [-0.05, 0) is 38.2 Å². The molecular weight excluding hydrogens is 344 g/mol. The summed E-state index contributed by atoms with van der Waals surface area (Å²) in [4.78, 5) is 21.7. The van der Waals surface area contributed by atoms with E-state index in [2.05, 4.69) is 27.1 Å². The van der Waals surface area contributed by atoms with Crippen LogP contribution in [0.4, 0.5) is 11.5 Å². The Morgan fingerprint density at radius 3 is 2.22 bits per heavy atom. The van der Waals surface area contributed by atoms with E-state index in [0.29, 0.717) is 22.7 Å². The normalized spacial score (nSPS) is 14.7. The Hall–Kier alpha value is -2.80. The zero-order valence-corrected chi connectivity index (χ0v) is 16.3. The van der Waals surface area contributed by atoms with Crippen LogP contribution in [0.1, 0.15) is 15.9 Å². The van der Waals surface area contributed by atoms with Crippen molar-refractivity contribution < 1.29 is 14.3 Å². The molecule has 1 aliphatic rings. The number of piperazine rings is 1. The van der Waals surface area contributed by atoms with Crippen LogP contribution >= 0.6 is 0 Å². The van der Waals surface area contributed by atoms with Crippen LogP contribution in [0.15, 0.2) is 30.5 Å². The van der Waals surface area contributed by atoms with Gasteiger partial charge in [-0.3, -0.25) is 4.79 Å². The fourth-order valence-electron chi connectivity index (χ4n) is 3.10. The molecule has 3 rings (SSSR count). The summed E-state index contributed by atoms with van der Waals surface area (Å²) in [7, 11) is 5.27. The van der Waals surface area contributed by atoms with Crippen LogP contribution in [0.2, 0.25) is 0 Å². The highest BCUT2D eigenvalue weighted by molar-refractivity contribution is 6.04. The first kappa shape index (κ1) is 19.0. The second kappa shape index (κ2) is 8.26. The maximum Gasteiger partial charge on any atom is 0.255 e. The van der Waals surface area contributed by atoms with Gasteiger partial charge >= 0.3 is 0 Å². The molecular formula is C20H26N4O3. The van der Waals surface area contributed by atoms with Gasteiger partial charge < -0.3 is 24.6 Å². The Balaban J connectivity index is 1.71. The summed E-state index contributed by atoms with van der Waals surface area (Å²) in [6.45, 7) is 5.85. The van der Waals surface area contributed by atoms with Crippen molar-refractivity contribution in [2.75, 3.05) is 57.7 Å². The van der Waals surface area contributed by atoms with E-state index in [1.807, 2.05) is 19.1 Å². The van der Waals surface area contributed by atoms with Crippen LogP contribution in [-0.4, -0.2) is 63.2 Å². The zero-order chi connectivity index (χ0) is 19.4. The molecule has 1 N–H and O–H groups in total. The van der Waals surface area contributed by atoms with E-state index in [1.165, 1.54) is 0 Å². The number of carbonyl (C=O) groups excluding carboxylic acids is 1. The van der Waals surface area contributed by atoms with Gasteiger partial charge in [-0.15, -0.1) is 0 Å². The summed E-state index contributed by atoms with van der Waals surface area (Å²) in [6, 6.07) is 7.23. The molecule has 0 saturated carbocycles. The van der Waals surface area contributed by atoms with Gasteiger partial charge in [0.05, 0.1) is 26.1 Å². The number of anilines is 2. The second-order valence-corrected chi connectivity index (χ2v) is 6.66. The lowest BCUT2D eigenvalue weighted by Crippen LogP contribution is -2.44. The Bertz CT molecular complexity index is 774. The molecule has 1 fully saturated rings. The van der Waals surface area contributed by atoms with Gasteiger partial charge in [-0.25, -0.2) is 4.98 Å². The summed E-state index contributed by atoms with van der Waals surface area (Å²) < 4.78 is 10.7. The number of ether oxygens (including phenoxy) is 2. The van der Waals surface area contributed by atoms with Crippen molar-refractivity contribution in [1.82, 2.24) is 9.88 Å². The number of nitrogens with one attached hydrogen (secondary N) is 1. The maximum atomic E-state index is 12.6. The lowest BCUT2D eigenvalue weighted by atomic mass is 10.1. The lowest BCUT2D eigenvalue weighted by Gasteiger charge is -2.33. The minimum Gasteiger partial charge on any atom is -0.496 e. The van der Waals surface area contributed by atoms with Crippen LogP contribution in [0.5, 0.6) is 11.5 Å². The van der Waals surface area contributed by atoms with E-state index >= 15 is 0 Å². The highest BCUT2D eigenvalue weighted by Gasteiger charge is 2.16. The fourth-order valence-corrected chi connectivity index (χ4v) is 3.10. The molecule has 27 heavy (non-hydrogen) atoms. The van der Waals surface area contributed by atoms with Crippen molar-refractivity contribution in [3.8, 4) is 11.5 Å². The highest BCUT2D eigenvalue weighted by Crippen LogP contribution is 2.29. The quantitative estimate of drug-likeness (QED) is 0.872. The minimum atomic E-state index is -0.235. The molecule has 1 amide bonds. The maximum absolute atomic E-state index is 12.6. The first-order chi connectivity index (χ1) is 13.0. The van der Waals surface area contributed by atoms with Gasteiger partial charge in [-0.2, -0.15) is 0 Å². The van der Waals surface area contributed by atoms with E-state index in [1.54, 1.807) is 32.5 Å². The summed E-state index contributed by atoms with van der Waals surface area (Å²) in [5.41, 5.74) is 1.98. The van der Waals surface area contributed by atoms with Gasteiger partial charge in [0.15, 0.2) is 0 Å². The number of hydrogen-bond acceptors (Lipinski definition) is 6. The Morgan fingerprint density at radius 1 is 1.07 bits per heavy atom. The largest absolute Gasteiger partial charge is 0.496 e. The number of carbonyl (C=O) groups is 1. The second-order valence-electron chi connectivity index (χ2n) is 6.66. The molecule has 0 spiro atoms. The molecule has 2 aromatic rings. The van der Waals surface area contributed by atoms with Crippen molar-refractivity contribution >= 4 is 17.4 Å². The fraction of sp³-hybridized carbons (Fsp3) is 0.400. The van der Waals surface area contributed by atoms with Crippen LogP contribution in [0, 0.1) is 6.92 Å². The lowest BCUT2D eigenvalue weighted by molar-refractivity contribution is 0.102. The number of amides is 1. The van der Waals surface area contributed by atoms with E-state index < -0.39 is 0 Å². The standard InChI is InChI=1S/C20H26N4O3/c1-14-17(26-3)11-15(12-18(14)27-4)20(25)22-16-5-6-19(21-13-16)24-9-7-23(2)8-10-24/h5-6,11-13H,7-10H2,1-4H3,(H,22,25). The third-order valence-electron chi connectivity index (χ3n) is 4.85. The molecule has 7 heteroatoms. The molecule has 0 atom stereocenters. The molecule has 0 aliphatic carbocycles. The van der Waals surface area contributed by atoms with Crippen molar-refractivity contribution in [3.63, 3.8) is 0 Å². The molecule has 2 heterocycles. The van der Waals surface area contributed by atoms with Crippen LogP contribution in [-0.2, 0) is 0 Å². The average Bonchev–Trinajstić information content (AvgIpc) is 2.69. The number of rotatable bonds is 5. The van der Waals surface area contributed by atoms with Crippen molar-refractivity contribution in [2.24, 2.45) is 0 Å². The molecule has 1 saturated heterocycles. The number of likely N-dealkylation sites (N-methyl/N-ethyl adjacent to an activating group) is 1. The zero-order valence-electron chi connectivity index (χ0n) is 16.3. The number of hydrogen-bond donors (Lipinski definition) is 1. The Morgan fingerprint density at radius 2 is 1.70 bits per heavy atom. The molecule has 0 radical (unpaired) electrons. The highest BCUT2D eigenvalue weighted by atomic mass is 16.5. The Labute approximate surface area is 159 Å². The molecule has 1 aromatic carbocycles. The van der Waals surface area contributed by atoms with Gasteiger partial charge in [0.2, 0.25) is 0 Å². The van der Waals surface area contributed by atoms with Gasteiger partial charge in [0.25, 0.3) is 5.91 Å². The third-order valence-corrected chi connectivity index (χ3v) is 4.85. The molecule has 1 aliphatic heterocycles. The first-order valence-electron chi connectivity index (χ1n) is 8.95. The number of nitrogens with zero attached hydrogens (tertiary/aromatic N) is 3.